The van der Waals surface area contributed by atoms with Crippen molar-refractivity contribution in [3.8, 4) is 0 Å². The third-order valence-electron chi connectivity index (χ3n) is 2.37. The number of benzene rings is 1. The van der Waals surface area contributed by atoms with Crippen molar-refractivity contribution >= 4 is 23.2 Å². The lowest BCUT2D eigenvalue weighted by Gasteiger charge is -2.15. The second-order valence-corrected chi connectivity index (χ2v) is 3.36. The highest BCUT2D eigenvalue weighted by atomic mass is 15.3. The van der Waals surface area contributed by atoms with Crippen molar-refractivity contribution in [1.29, 1.82) is 0 Å². The van der Waals surface area contributed by atoms with Crippen molar-refractivity contribution in [3.63, 3.8) is 0 Å². The van der Waals surface area contributed by atoms with Gasteiger partial charge in [0, 0.05) is 18.6 Å². The first kappa shape index (κ1) is 8.23. The van der Waals surface area contributed by atoms with Crippen molar-refractivity contribution < 1.29 is 0 Å². The maximum Gasteiger partial charge on any atom is 0.208 e. The molecule has 1 aromatic carbocycles. The molecule has 0 atom stereocenters. The second-order valence-electron chi connectivity index (χ2n) is 3.36. The molecule has 1 aliphatic heterocycles. The molecule has 0 saturated carbocycles. The molecule has 2 heterocycles. The number of aromatic amines is 1. The Hall–Kier alpha value is -2.10. The molecule has 0 aliphatic carbocycles. The number of hydrogen-bond donors (Lipinski definition) is 1. The minimum atomic E-state index is 0.760. The molecular formula is C11H10N4. The first-order chi connectivity index (χ1) is 7.43. The summed E-state index contributed by atoms with van der Waals surface area (Å²) in [6.45, 7) is 0.760. The predicted octanol–water partition coefficient (Wildman–Crippen LogP) is 1.92. The maximum atomic E-state index is 4.49. The Balaban J connectivity index is 2.04. The van der Waals surface area contributed by atoms with Gasteiger partial charge in [0.15, 0.2) is 0 Å². The first-order valence-corrected chi connectivity index (χ1v) is 4.83. The molecular weight excluding hydrogens is 188 g/mol. The zero-order valence-electron chi connectivity index (χ0n) is 8.09. The van der Waals surface area contributed by atoms with Crippen molar-refractivity contribution in [2.75, 3.05) is 11.4 Å². The molecule has 1 N–H and O–H groups in total. The van der Waals surface area contributed by atoms with Crippen molar-refractivity contribution in [3.05, 3.63) is 36.7 Å². The summed E-state index contributed by atoms with van der Waals surface area (Å²) in [5.74, 6) is 0.860. The van der Waals surface area contributed by atoms with E-state index in [-0.39, 0.29) is 0 Å². The fourth-order valence-electron chi connectivity index (χ4n) is 1.61. The van der Waals surface area contributed by atoms with Crippen LogP contribution in [0.3, 0.4) is 0 Å². The van der Waals surface area contributed by atoms with E-state index in [0.717, 1.165) is 23.5 Å². The Morgan fingerprint density at radius 2 is 2.20 bits per heavy atom. The van der Waals surface area contributed by atoms with Crippen LogP contribution in [0.4, 0.5) is 5.95 Å². The molecule has 0 bridgehead atoms. The molecule has 2 aromatic rings. The van der Waals surface area contributed by atoms with Gasteiger partial charge < -0.3 is 9.88 Å². The molecule has 4 nitrogen and oxygen atoms in total. The lowest BCUT2D eigenvalue weighted by molar-refractivity contribution is 1.03. The Morgan fingerprint density at radius 1 is 1.27 bits per heavy atom. The summed E-state index contributed by atoms with van der Waals surface area (Å²) in [5, 5.41) is 0. The summed E-state index contributed by atoms with van der Waals surface area (Å²) < 4.78 is 0. The standard InChI is InChI=1S/C11H10N4/c1-2-4-10-9(3-1)13-11(14-10)15-7-5-12-6-8-15/h1-7H,8H2,(H,13,14). The fraction of sp³-hybridized carbons (Fsp3) is 0.0909. The molecule has 0 spiro atoms. The first-order valence-electron chi connectivity index (χ1n) is 4.83. The van der Waals surface area contributed by atoms with Gasteiger partial charge in [-0.3, -0.25) is 4.99 Å². The number of aromatic nitrogens is 2. The van der Waals surface area contributed by atoms with Crippen LogP contribution < -0.4 is 4.90 Å². The van der Waals surface area contributed by atoms with Gasteiger partial charge in [0.25, 0.3) is 0 Å². The zero-order valence-corrected chi connectivity index (χ0v) is 8.09. The monoisotopic (exact) mass is 198 g/mol. The molecule has 4 heteroatoms. The molecule has 74 valence electrons. The maximum absolute atomic E-state index is 4.49. The number of anilines is 1. The number of imidazole rings is 1. The summed E-state index contributed by atoms with van der Waals surface area (Å²) in [5.41, 5.74) is 2.05. The lowest BCUT2D eigenvalue weighted by atomic mass is 10.3. The van der Waals surface area contributed by atoms with Crippen LogP contribution in [0, 0.1) is 0 Å². The van der Waals surface area contributed by atoms with E-state index in [1.54, 1.807) is 6.20 Å². The summed E-state index contributed by atoms with van der Waals surface area (Å²) >= 11 is 0. The smallest absolute Gasteiger partial charge is 0.208 e. The fourth-order valence-corrected chi connectivity index (χ4v) is 1.61. The van der Waals surface area contributed by atoms with Gasteiger partial charge in [0.2, 0.25) is 5.95 Å². The SMILES string of the molecule is C1=CN(c2nc3ccccc3[nH]2)CC=N1. The number of hydrogen-bond acceptors (Lipinski definition) is 3. The van der Waals surface area contributed by atoms with Gasteiger partial charge in [-0.25, -0.2) is 4.98 Å². The minimum absolute atomic E-state index is 0.760. The highest BCUT2D eigenvalue weighted by Gasteiger charge is 2.08. The summed E-state index contributed by atoms with van der Waals surface area (Å²) in [6, 6.07) is 8.00. The normalized spacial score (nSPS) is 15.1. The van der Waals surface area contributed by atoms with Gasteiger partial charge in [0.1, 0.15) is 0 Å². The Kier molecular flexibility index (Phi) is 1.78. The van der Waals surface area contributed by atoms with Crippen LogP contribution in [-0.4, -0.2) is 22.7 Å². The molecule has 0 saturated heterocycles. The number of fused-ring (bicyclic) bond motifs is 1. The molecule has 3 rings (SSSR count). The van der Waals surface area contributed by atoms with Gasteiger partial charge in [-0.05, 0) is 12.1 Å². The molecule has 1 aromatic heterocycles. The Morgan fingerprint density at radius 3 is 3.00 bits per heavy atom. The predicted molar refractivity (Wildman–Crippen MR) is 61.1 cm³/mol. The zero-order chi connectivity index (χ0) is 10.1. The summed E-state index contributed by atoms with van der Waals surface area (Å²) in [7, 11) is 0. The number of aliphatic imine (C=N–C) groups is 1. The second kappa shape index (κ2) is 3.24. The van der Waals surface area contributed by atoms with Crippen LogP contribution in [0.15, 0.2) is 41.7 Å². The van der Waals surface area contributed by atoms with E-state index in [9.17, 15) is 0 Å². The highest BCUT2D eigenvalue weighted by molar-refractivity contribution is 5.78. The Labute approximate surface area is 87.0 Å². The topological polar surface area (TPSA) is 44.3 Å². The highest BCUT2D eigenvalue weighted by Crippen LogP contribution is 2.17. The lowest BCUT2D eigenvalue weighted by Crippen LogP contribution is -2.21. The van der Waals surface area contributed by atoms with Gasteiger partial charge in [0.05, 0.1) is 17.6 Å². The average molecular weight is 198 g/mol. The summed E-state index contributed by atoms with van der Waals surface area (Å²) in [6.07, 6.45) is 5.53. The number of rotatable bonds is 1. The van der Waals surface area contributed by atoms with Crippen LogP contribution in [-0.2, 0) is 0 Å². The average Bonchev–Trinajstić information content (AvgIpc) is 2.74. The third-order valence-corrected chi connectivity index (χ3v) is 2.37. The van der Waals surface area contributed by atoms with Crippen LogP contribution in [0.1, 0.15) is 0 Å². The van der Waals surface area contributed by atoms with E-state index in [4.69, 9.17) is 0 Å². The van der Waals surface area contributed by atoms with E-state index in [2.05, 4.69) is 15.0 Å². The van der Waals surface area contributed by atoms with E-state index < -0.39 is 0 Å². The number of H-pyrrole nitrogens is 1. The minimum Gasteiger partial charge on any atom is -0.324 e. The number of nitrogens with one attached hydrogen (secondary N) is 1. The van der Waals surface area contributed by atoms with Gasteiger partial charge in [-0.1, -0.05) is 12.1 Å². The number of nitrogens with zero attached hydrogens (tertiary/aromatic N) is 3. The van der Waals surface area contributed by atoms with Crippen molar-refractivity contribution in [2.24, 2.45) is 4.99 Å². The quantitative estimate of drug-likeness (QED) is 0.760. The van der Waals surface area contributed by atoms with Gasteiger partial charge in [-0.15, -0.1) is 0 Å². The van der Waals surface area contributed by atoms with E-state index in [1.165, 1.54) is 0 Å². The van der Waals surface area contributed by atoms with Crippen LogP contribution in [0.25, 0.3) is 11.0 Å². The van der Waals surface area contributed by atoms with Crippen molar-refractivity contribution in [1.82, 2.24) is 9.97 Å². The van der Waals surface area contributed by atoms with Gasteiger partial charge >= 0.3 is 0 Å². The van der Waals surface area contributed by atoms with E-state index in [0.29, 0.717) is 0 Å². The van der Waals surface area contributed by atoms with Crippen LogP contribution in [0.2, 0.25) is 0 Å². The number of para-hydroxylation sites is 2. The molecule has 0 amide bonds. The van der Waals surface area contributed by atoms with Crippen molar-refractivity contribution in [2.45, 2.75) is 0 Å². The molecule has 0 radical (unpaired) electrons. The molecule has 0 unspecified atom stereocenters. The molecule has 0 fully saturated rings. The molecule has 15 heavy (non-hydrogen) atoms. The van der Waals surface area contributed by atoms with Crippen LogP contribution >= 0.6 is 0 Å². The summed E-state index contributed by atoms with van der Waals surface area (Å²) in [4.78, 5) is 13.8. The third kappa shape index (κ3) is 1.40. The van der Waals surface area contributed by atoms with Gasteiger partial charge in [-0.2, -0.15) is 0 Å². The van der Waals surface area contributed by atoms with E-state index in [1.807, 2.05) is 41.6 Å². The largest absolute Gasteiger partial charge is 0.324 e. The molecule has 1 aliphatic rings. The van der Waals surface area contributed by atoms with Crippen LogP contribution in [0.5, 0.6) is 0 Å². The Bertz CT molecular complexity index is 505. The van der Waals surface area contributed by atoms with E-state index >= 15 is 0 Å².